The standard InChI is InChI=1S/C22H17ClIN5O2S/c1-2-25-14-19(24)15-5-7-17(8-6-15)32(30,31)28-22-10-9-18(23)21-12-20(27-29(21)22)16-4-3-11-26-13-16/h2-14,28H,1H3/b19-14-,25-2-. The number of benzene rings is 1. The van der Waals surface area contributed by atoms with E-state index in [4.69, 9.17) is 11.6 Å². The number of hydrogen-bond donors (Lipinski definition) is 1. The van der Waals surface area contributed by atoms with Crippen LogP contribution in [0, 0.1) is 0 Å². The SMILES string of the molecule is C/C=N\C=C(/I)c1ccc(S(=O)(=O)Nc2ccc(Cl)c3cc(-c4cccnc4)nn23)cc1. The first-order valence-electron chi connectivity index (χ1n) is 9.44. The third-order valence-corrected chi connectivity index (χ3v) is 7.13. The van der Waals surface area contributed by atoms with Crippen LogP contribution in [0.4, 0.5) is 5.82 Å². The quantitative estimate of drug-likeness (QED) is 0.236. The zero-order valence-corrected chi connectivity index (χ0v) is 20.5. The van der Waals surface area contributed by atoms with Gasteiger partial charge in [0.25, 0.3) is 10.0 Å². The van der Waals surface area contributed by atoms with Crippen molar-refractivity contribution in [2.24, 2.45) is 4.99 Å². The van der Waals surface area contributed by atoms with Crippen LogP contribution in [0.2, 0.25) is 5.02 Å². The second kappa shape index (κ2) is 9.39. The van der Waals surface area contributed by atoms with Gasteiger partial charge in [-0.2, -0.15) is 5.10 Å². The number of hydrogen-bond acceptors (Lipinski definition) is 5. The number of sulfonamides is 1. The van der Waals surface area contributed by atoms with Crippen LogP contribution in [-0.2, 0) is 10.0 Å². The molecule has 0 aliphatic carbocycles. The first kappa shape index (κ1) is 22.4. The summed E-state index contributed by atoms with van der Waals surface area (Å²) < 4.78 is 31.0. The molecule has 4 aromatic rings. The lowest BCUT2D eigenvalue weighted by molar-refractivity contribution is 0.601. The number of pyridine rings is 2. The Morgan fingerprint density at radius 1 is 1.19 bits per heavy atom. The fraction of sp³-hybridized carbons (Fsp3) is 0.0455. The topological polar surface area (TPSA) is 88.7 Å². The molecule has 0 spiro atoms. The first-order chi connectivity index (χ1) is 15.4. The number of aliphatic imine (C=N–C) groups is 1. The summed E-state index contributed by atoms with van der Waals surface area (Å²) >= 11 is 8.49. The molecule has 3 aromatic heterocycles. The van der Waals surface area contributed by atoms with Crippen LogP contribution >= 0.6 is 34.2 Å². The number of halogens is 2. The summed E-state index contributed by atoms with van der Waals surface area (Å²) in [5.74, 6) is 0.273. The number of fused-ring (bicyclic) bond motifs is 1. The van der Waals surface area contributed by atoms with Gasteiger partial charge in [-0.25, -0.2) is 12.9 Å². The molecule has 0 saturated carbocycles. The third-order valence-electron chi connectivity index (χ3n) is 4.54. The van der Waals surface area contributed by atoms with E-state index in [1.807, 2.05) is 13.0 Å². The molecule has 4 rings (SSSR count). The van der Waals surface area contributed by atoms with Crippen LogP contribution in [0.5, 0.6) is 0 Å². The molecule has 10 heteroatoms. The molecule has 162 valence electrons. The number of rotatable bonds is 6. The highest BCUT2D eigenvalue weighted by Crippen LogP contribution is 2.28. The summed E-state index contributed by atoms with van der Waals surface area (Å²) in [4.78, 5) is 8.32. The molecule has 1 aromatic carbocycles. The highest BCUT2D eigenvalue weighted by molar-refractivity contribution is 14.1. The van der Waals surface area contributed by atoms with E-state index < -0.39 is 10.0 Å². The van der Waals surface area contributed by atoms with Gasteiger partial charge < -0.3 is 0 Å². The van der Waals surface area contributed by atoms with Gasteiger partial charge in [-0.1, -0.05) is 23.7 Å². The molecule has 0 aliphatic heterocycles. The molecule has 0 amide bonds. The van der Waals surface area contributed by atoms with Gasteiger partial charge in [0.15, 0.2) is 0 Å². The van der Waals surface area contributed by atoms with Gasteiger partial charge in [-0.05, 0) is 77.5 Å². The zero-order valence-electron chi connectivity index (χ0n) is 16.8. The van der Waals surface area contributed by atoms with Gasteiger partial charge in [0.05, 0.1) is 21.1 Å². The third kappa shape index (κ3) is 4.69. The molecule has 0 aliphatic rings. The maximum absolute atomic E-state index is 13.0. The Hall–Kier alpha value is -2.76. The van der Waals surface area contributed by atoms with Crippen molar-refractivity contribution in [3.63, 3.8) is 0 Å². The predicted molar refractivity (Wildman–Crippen MR) is 137 cm³/mol. The normalized spacial score (nSPS) is 12.5. The van der Waals surface area contributed by atoms with E-state index in [1.165, 1.54) is 4.52 Å². The van der Waals surface area contributed by atoms with Crippen molar-refractivity contribution in [1.29, 1.82) is 0 Å². The van der Waals surface area contributed by atoms with E-state index in [2.05, 4.69) is 42.4 Å². The van der Waals surface area contributed by atoms with Crippen LogP contribution in [-0.4, -0.2) is 29.2 Å². The van der Waals surface area contributed by atoms with Crippen molar-refractivity contribution in [2.45, 2.75) is 11.8 Å². The van der Waals surface area contributed by atoms with E-state index in [0.29, 0.717) is 16.2 Å². The van der Waals surface area contributed by atoms with Gasteiger partial charge in [0.2, 0.25) is 0 Å². The monoisotopic (exact) mass is 577 g/mol. The highest BCUT2D eigenvalue weighted by Gasteiger charge is 2.18. The van der Waals surface area contributed by atoms with Gasteiger partial charge >= 0.3 is 0 Å². The average molecular weight is 578 g/mol. The molecule has 0 unspecified atom stereocenters. The van der Waals surface area contributed by atoms with E-state index in [-0.39, 0.29) is 10.7 Å². The minimum Gasteiger partial charge on any atom is -0.268 e. The highest BCUT2D eigenvalue weighted by atomic mass is 127. The summed E-state index contributed by atoms with van der Waals surface area (Å²) in [6.45, 7) is 1.83. The summed E-state index contributed by atoms with van der Waals surface area (Å²) in [6, 6.07) is 15.3. The van der Waals surface area contributed by atoms with Crippen LogP contribution in [0.1, 0.15) is 12.5 Å². The Bertz CT molecular complexity index is 1430. The van der Waals surface area contributed by atoms with Gasteiger partial charge in [-0.15, -0.1) is 0 Å². The lowest BCUT2D eigenvalue weighted by atomic mass is 10.2. The molecule has 0 radical (unpaired) electrons. The van der Waals surface area contributed by atoms with Gasteiger partial charge in [-0.3, -0.25) is 14.7 Å². The van der Waals surface area contributed by atoms with Crippen molar-refractivity contribution in [3.05, 3.63) is 83.8 Å². The van der Waals surface area contributed by atoms with E-state index in [1.54, 1.807) is 73.3 Å². The Morgan fingerprint density at radius 3 is 2.66 bits per heavy atom. The van der Waals surface area contributed by atoms with Crippen LogP contribution in [0.3, 0.4) is 0 Å². The number of nitrogens with one attached hydrogen (secondary N) is 1. The predicted octanol–water partition coefficient (Wildman–Crippen LogP) is 5.67. The Labute approximate surface area is 204 Å². The molecule has 7 nitrogen and oxygen atoms in total. The summed E-state index contributed by atoms with van der Waals surface area (Å²) in [7, 11) is -3.85. The molecule has 1 N–H and O–H groups in total. The van der Waals surface area contributed by atoms with Gasteiger partial charge in [0, 0.05) is 34.0 Å². The smallest absolute Gasteiger partial charge is 0.263 e. The summed E-state index contributed by atoms with van der Waals surface area (Å²) in [6.07, 6.45) is 6.75. The van der Waals surface area contributed by atoms with E-state index in [9.17, 15) is 8.42 Å². The average Bonchev–Trinajstić information content (AvgIpc) is 3.27. The Morgan fingerprint density at radius 2 is 1.97 bits per heavy atom. The second-order valence-electron chi connectivity index (χ2n) is 6.65. The van der Waals surface area contributed by atoms with Crippen molar-refractivity contribution in [3.8, 4) is 11.3 Å². The first-order valence-corrected chi connectivity index (χ1v) is 12.4. The zero-order chi connectivity index (χ0) is 22.7. The molecule has 0 fully saturated rings. The largest absolute Gasteiger partial charge is 0.268 e. The van der Waals surface area contributed by atoms with Gasteiger partial charge in [0.1, 0.15) is 5.82 Å². The maximum atomic E-state index is 13.0. The summed E-state index contributed by atoms with van der Waals surface area (Å²) in [5, 5.41) is 4.99. The number of anilines is 1. The fourth-order valence-corrected chi connectivity index (χ4v) is 4.74. The van der Waals surface area contributed by atoms with Crippen molar-refractivity contribution in [1.82, 2.24) is 14.6 Å². The molecular weight excluding hydrogens is 561 g/mol. The lowest BCUT2D eigenvalue weighted by Crippen LogP contribution is -2.15. The molecule has 32 heavy (non-hydrogen) atoms. The molecule has 0 atom stereocenters. The lowest BCUT2D eigenvalue weighted by Gasteiger charge is -2.11. The Kier molecular flexibility index (Phi) is 6.58. The van der Waals surface area contributed by atoms with Crippen molar-refractivity contribution >= 4 is 65.3 Å². The van der Waals surface area contributed by atoms with Crippen molar-refractivity contribution < 1.29 is 8.42 Å². The van der Waals surface area contributed by atoms with Crippen LogP contribution < -0.4 is 4.72 Å². The second-order valence-corrected chi connectivity index (χ2v) is 9.90. The van der Waals surface area contributed by atoms with Crippen LogP contribution in [0.25, 0.3) is 20.4 Å². The van der Waals surface area contributed by atoms with Crippen LogP contribution in [0.15, 0.2) is 83.1 Å². The minimum atomic E-state index is -3.85. The minimum absolute atomic E-state index is 0.132. The fourth-order valence-electron chi connectivity index (χ4n) is 2.98. The van der Waals surface area contributed by atoms with E-state index in [0.717, 1.165) is 14.7 Å². The maximum Gasteiger partial charge on any atom is 0.263 e. The number of nitrogens with zero attached hydrogens (tertiary/aromatic N) is 4. The molecule has 3 heterocycles. The molecular formula is C22H17ClIN5O2S. The summed E-state index contributed by atoms with van der Waals surface area (Å²) in [5.41, 5.74) is 2.88. The Balaban J connectivity index is 1.68. The van der Waals surface area contributed by atoms with E-state index >= 15 is 0 Å². The molecule has 0 bridgehead atoms. The van der Waals surface area contributed by atoms with Crippen molar-refractivity contribution in [2.75, 3.05) is 4.72 Å². The number of aromatic nitrogens is 3. The molecule has 0 saturated heterocycles.